The van der Waals surface area contributed by atoms with E-state index in [0.717, 1.165) is 30.2 Å². The first-order valence-corrected chi connectivity index (χ1v) is 9.91. The average molecular weight is 496 g/mol. The molecule has 0 amide bonds. The smallest absolute Gasteiger partial charge is 0.250 e. The van der Waals surface area contributed by atoms with E-state index in [-0.39, 0.29) is 29.5 Å². The average Bonchev–Trinajstić information content (AvgIpc) is 2.69. The number of hydrogen-bond acceptors (Lipinski definition) is 2. The van der Waals surface area contributed by atoms with Crippen molar-refractivity contribution in [3.8, 4) is 0 Å². The van der Waals surface area contributed by atoms with Gasteiger partial charge in [0.05, 0.1) is 13.1 Å². The molecule has 2 aromatic rings. The van der Waals surface area contributed by atoms with Gasteiger partial charge in [-0.15, -0.1) is 24.0 Å². The zero-order chi connectivity index (χ0) is 19.5. The van der Waals surface area contributed by atoms with Crippen molar-refractivity contribution in [1.82, 2.24) is 15.2 Å². The minimum absolute atomic E-state index is 0. The molecule has 0 fully saturated rings. The Labute approximate surface area is 185 Å². The van der Waals surface area contributed by atoms with Crippen molar-refractivity contribution in [3.63, 3.8) is 0 Å². The Hall–Kier alpha value is -1.83. The first kappa shape index (κ1) is 24.2. The molecule has 154 valence electrons. The molecule has 0 saturated carbocycles. The number of nitrogens with zero attached hydrogens (tertiary/aromatic N) is 2. The van der Waals surface area contributed by atoms with E-state index in [1.807, 2.05) is 12.3 Å². The van der Waals surface area contributed by atoms with Crippen LogP contribution in [0.1, 0.15) is 44.7 Å². The quantitative estimate of drug-likeness (QED) is 0.314. The van der Waals surface area contributed by atoms with Crippen LogP contribution in [-0.2, 0) is 13.1 Å². The van der Waals surface area contributed by atoms with E-state index in [4.69, 9.17) is 4.99 Å². The molecular formula is C22H33IN4O. The van der Waals surface area contributed by atoms with Crippen LogP contribution in [0.4, 0.5) is 0 Å². The van der Waals surface area contributed by atoms with Gasteiger partial charge in [-0.05, 0) is 30.0 Å². The molecule has 5 nitrogen and oxygen atoms in total. The van der Waals surface area contributed by atoms with E-state index in [1.165, 1.54) is 12.8 Å². The van der Waals surface area contributed by atoms with E-state index < -0.39 is 0 Å². The SMILES string of the molecule is CCNC(=NCc1ccc(Cn2ccccc2=O)cc1)NCC(CC)CC.I. The van der Waals surface area contributed by atoms with Crippen molar-refractivity contribution in [2.75, 3.05) is 13.1 Å². The van der Waals surface area contributed by atoms with Gasteiger partial charge in [-0.1, -0.05) is 57.0 Å². The molecule has 1 heterocycles. The Kier molecular flexibility index (Phi) is 11.6. The second-order valence-electron chi connectivity index (χ2n) is 6.74. The van der Waals surface area contributed by atoms with Crippen LogP contribution in [0.25, 0.3) is 0 Å². The first-order valence-electron chi connectivity index (χ1n) is 9.91. The molecule has 0 aliphatic heterocycles. The molecule has 0 radical (unpaired) electrons. The van der Waals surface area contributed by atoms with E-state index in [2.05, 4.69) is 55.7 Å². The molecule has 1 aromatic heterocycles. The summed E-state index contributed by atoms with van der Waals surface area (Å²) in [6, 6.07) is 13.5. The number of halogens is 1. The number of nitrogens with one attached hydrogen (secondary N) is 2. The number of aliphatic imine (C=N–C) groups is 1. The van der Waals surface area contributed by atoms with Gasteiger partial charge in [0.1, 0.15) is 0 Å². The molecule has 0 unspecified atom stereocenters. The maximum atomic E-state index is 11.8. The van der Waals surface area contributed by atoms with E-state index >= 15 is 0 Å². The van der Waals surface area contributed by atoms with Crippen LogP contribution in [0.15, 0.2) is 58.4 Å². The van der Waals surface area contributed by atoms with Crippen LogP contribution in [-0.4, -0.2) is 23.6 Å². The highest BCUT2D eigenvalue weighted by Gasteiger charge is 2.05. The van der Waals surface area contributed by atoms with Crippen LogP contribution in [0.5, 0.6) is 0 Å². The molecule has 2 rings (SSSR count). The van der Waals surface area contributed by atoms with Crippen LogP contribution in [0, 0.1) is 5.92 Å². The molecule has 0 spiro atoms. The third-order valence-electron chi connectivity index (χ3n) is 4.75. The van der Waals surface area contributed by atoms with E-state index in [1.54, 1.807) is 16.7 Å². The summed E-state index contributed by atoms with van der Waals surface area (Å²) in [5, 5.41) is 6.75. The molecule has 0 bridgehead atoms. The van der Waals surface area contributed by atoms with Gasteiger partial charge in [0, 0.05) is 25.4 Å². The minimum Gasteiger partial charge on any atom is -0.357 e. The number of guanidine groups is 1. The van der Waals surface area contributed by atoms with Gasteiger partial charge in [-0.2, -0.15) is 0 Å². The fourth-order valence-corrected chi connectivity index (χ4v) is 2.87. The minimum atomic E-state index is 0. The predicted molar refractivity (Wildman–Crippen MR) is 129 cm³/mol. The lowest BCUT2D eigenvalue weighted by atomic mass is 10.0. The van der Waals surface area contributed by atoms with Crippen LogP contribution >= 0.6 is 24.0 Å². The number of benzene rings is 1. The fraction of sp³-hybridized carbons (Fsp3) is 0.455. The van der Waals surface area contributed by atoms with E-state index in [9.17, 15) is 4.79 Å². The van der Waals surface area contributed by atoms with Gasteiger partial charge in [0.25, 0.3) is 5.56 Å². The molecule has 0 aliphatic rings. The van der Waals surface area contributed by atoms with Crippen molar-refractivity contribution in [2.24, 2.45) is 10.9 Å². The summed E-state index contributed by atoms with van der Waals surface area (Å²) in [7, 11) is 0. The zero-order valence-electron chi connectivity index (χ0n) is 17.1. The summed E-state index contributed by atoms with van der Waals surface area (Å²) in [5.74, 6) is 1.54. The second-order valence-corrected chi connectivity index (χ2v) is 6.74. The normalized spacial score (nSPS) is 11.2. The number of rotatable bonds is 9. The lowest BCUT2D eigenvalue weighted by molar-refractivity contribution is 0.481. The monoisotopic (exact) mass is 496 g/mol. The number of aromatic nitrogens is 1. The summed E-state index contributed by atoms with van der Waals surface area (Å²) in [6.45, 7) is 9.54. The molecule has 0 atom stereocenters. The van der Waals surface area contributed by atoms with Gasteiger partial charge in [0.15, 0.2) is 5.96 Å². The van der Waals surface area contributed by atoms with Gasteiger partial charge in [0.2, 0.25) is 0 Å². The molecule has 28 heavy (non-hydrogen) atoms. The maximum Gasteiger partial charge on any atom is 0.250 e. The van der Waals surface area contributed by atoms with Gasteiger partial charge in [-0.3, -0.25) is 4.79 Å². The number of pyridine rings is 1. The lowest BCUT2D eigenvalue weighted by Gasteiger charge is -2.16. The lowest BCUT2D eigenvalue weighted by Crippen LogP contribution is -2.39. The maximum absolute atomic E-state index is 11.8. The Morgan fingerprint density at radius 2 is 1.68 bits per heavy atom. The highest BCUT2D eigenvalue weighted by Crippen LogP contribution is 2.08. The van der Waals surface area contributed by atoms with Crippen molar-refractivity contribution in [2.45, 2.75) is 46.7 Å². The molecule has 2 N–H and O–H groups in total. The summed E-state index contributed by atoms with van der Waals surface area (Å²) >= 11 is 0. The van der Waals surface area contributed by atoms with Gasteiger partial charge in [-0.25, -0.2) is 4.99 Å². The third kappa shape index (κ3) is 8.04. The molecule has 6 heteroatoms. The standard InChI is InChI=1S/C22H32N4O.HI/c1-4-18(5-2)15-24-22(23-6-3)25-16-19-10-12-20(13-11-19)17-26-14-8-7-9-21(26)27;/h7-14,18H,4-6,15-17H2,1-3H3,(H2,23,24,25);1H. The van der Waals surface area contributed by atoms with Gasteiger partial charge >= 0.3 is 0 Å². The Morgan fingerprint density at radius 1 is 1.00 bits per heavy atom. The zero-order valence-corrected chi connectivity index (χ0v) is 19.5. The van der Waals surface area contributed by atoms with Crippen LogP contribution in [0.3, 0.4) is 0 Å². The molecule has 0 aliphatic carbocycles. The molecule has 0 saturated heterocycles. The topological polar surface area (TPSA) is 58.4 Å². The van der Waals surface area contributed by atoms with E-state index in [0.29, 0.717) is 19.0 Å². The summed E-state index contributed by atoms with van der Waals surface area (Å²) in [6.07, 6.45) is 4.17. The van der Waals surface area contributed by atoms with Crippen molar-refractivity contribution >= 4 is 29.9 Å². The summed E-state index contributed by atoms with van der Waals surface area (Å²) in [5.41, 5.74) is 2.28. The summed E-state index contributed by atoms with van der Waals surface area (Å²) < 4.78 is 1.71. The Bertz CT molecular complexity index is 767. The highest BCUT2D eigenvalue weighted by molar-refractivity contribution is 14.0. The van der Waals surface area contributed by atoms with Gasteiger partial charge < -0.3 is 15.2 Å². The largest absolute Gasteiger partial charge is 0.357 e. The molecular weight excluding hydrogens is 463 g/mol. The number of hydrogen-bond donors (Lipinski definition) is 2. The Morgan fingerprint density at radius 3 is 2.29 bits per heavy atom. The second kappa shape index (κ2) is 13.4. The molecule has 1 aromatic carbocycles. The first-order chi connectivity index (χ1) is 13.2. The van der Waals surface area contributed by atoms with Crippen molar-refractivity contribution in [1.29, 1.82) is 0 Å². The fourth-order valence-electron chi connectivity index (χ4n) is 2.87. The van der Waals surface area contributed by atoms with Crippen molar-refractivity contribution < 1.29 is 0 Å². The third-order valence-corrected chi connectivity index (χ3v) is 4.75. The summed E-state index contributed by atoms with van der Waals surface area (Å²) in [4.78, 5) is 16.5. The van der Waals surface area contributed by atoms with Crippen molar-refractivity contribution in [3.05, 3.63) is 70.1 Å². The predicted octanol–water partition coefficient (Wildman–Crippen LogP) is 4.01. The Balaban J connectivity index is 0.00000392. The van der Waals surface area contributed by atoms with Crippen LogP contribution in [0.2, 0.25) is 0 Å². The van der Waals surface area contributed by atoms with Crippen LogP contribution < -0.4 is 16.2 Å². The highest BCUT2D eigenvalue weighted by atomic mass is 127.